The van der Waals surface area contributed by atoms with Crippen molar-refractivity contribution in [3.8, 4) is 28.3 Å². The number of rotatable bonds is 9. The molecule has 3 aromatic carbocycles. The molecule has 0 bridgehead atoms. The van der Waals surface area contributed by atoms with E-state index in [-0.39, 0.29) is 34.8 Å². The Morgan fingerprint density at radius 2 is 1.66 bits per heavy atom. The summed E-state index contributed by atoms with van der Waals surface area (Å²) >= 11 is 0. The summed E-state index contributed by atoms with van der Waals surface area (Å²) in [5, 5.41) is 17.4. The maximum Gasteiger partial charge on any atom is 0.337 e. The maximum absolute atomic E-state index is 14.9. The van der Waals surface area contributed by atoms with Crippen LogP contribution in [0.25, 0.3) is 38.6 Å². The molecule has 0 atom stereocenters. The highest BCUT2D eigenvalue weighted by Crippen LogP contribution is 2.46. The molecule has 0 fully saturated rings. The fraction of sp³-hybridized carbons (Fsp3) is 0.410. The van der Waals surface area contributed by atoms with Crippen LogP contribution in [0.2, 0.25) is 18.1 Å². The highest BCUT2D eigenvalue weighted by atomic mass is 28.4. The first-order valence-corrected chi connectivity index (χ1v) is 19.8. The van der Waals surface area contributed by atoms with Gasteiger partial charge in [0, 0.05) is 39.1 Å². The van der Waals surface area contributed by atoms with Crippen molar-refractivity contribution >= 4 is 42.0 Å². The molecule has 0 amide bonds. The highest BCUT2D eigenvalue weighted by molar-refractivity contribution is 6.74. The van der Waals surface area contributed by atoms with Crippen LogP contribution in [0, 0.1) is 11.2 Å². The predicted molar refractivity (Wildman–Crippen MR) is 198 cm³/mol. The molecule has 1 N–H and O–H groups in total. The van der Waals surface area contributed by atoms with E-state index < -0.39 is 25.5 Å². The Kier molecular flexibility index (Phi) is 9.81. The first-order valence-electron chi connectivity index (χ1n) is 16.9. The Morgan fingerprint density at radius 3 is 2.26 bits per heavy atom. The van der Waals surface area contributed by atoms with Crippen molar-refractivity contribution < 1.29 is 33.0 Å². The summed E-state index contributed by atoms with van der Waals surface area (Å²) in [5.74, 6) is -1.10. The number of phenols is 1. The van der Waals surface area contributed by atoms with Crippen LogP contribution < -0.4 is 4.74 Å². The molecule has 0 saturated heterocycles. The van der Waals surface area contributed by atoms with Gasteiger partial charge in [0.25, 0.3) is 5.91 Å². The molecule has 266 valence electrons. The number of hydrogen-bond donors (Lipinski definition) is 1. The van der Waals surface area contributed by atoms with E-state index in [0.717, 1.165) is 22.0 Å². The Bertz CT molecular complexity index is 2100. The predicted octanol–water partition coefficient (Wildman–Crippen LogP) is 9.49. The molecule has 0 saturated carbocycles. The van der Waals surface area contributed by atoms with Crippen molar-refractivity contribution in [3.63, 3.8) is 0 Å². The summed E-state index contributed by atoms with van der Waals surface area (Å²) in [6.45, 7) is 21.0. The van der Waals surface area contributed by atoms with Gasteiger partial charge in [-0.3, -0.25) is 4.79 Å². The van der Waals surface area contributed by atoms with E-state index >= 15 is 0 Å². The molecule has 0 unspecified atom stereocenters. The van der Waals surface area contributed by atoms with Crippen molar-refractivity contribution in [2.45, 2.75) is 79.4 Å². The molecule has 9 nitrogen and oxygen atoms in total. The van der Waals surface area contributed by atoms with E-state index in [1.54, 1.807) is 24.4 Å². The molecular formula is C39H48FN3O6Si. The SMILES string of the molecule is COC(=O)c1ccc(-c2c(C(C)C)n(-c3ccc(F)cc3OCCO[Si](C)(C)C(C)(C)C)c3cc4cnn(C(=O)C(C)(C)C)c4cc23)c(O)c1. The third-order valence-corrected chi connectivity index (χ3v) is 14.1. The summed E-state index contributed by atoms with van der Waals surface area (Å²) in [5.41, 5.74) is 3.44. The highest BCUT2D eigenvalue weighted by Gasteiger charge is 2.37. The van der Waals surface area contributed by atoms with Gasteiger partial charge in [0.05, 0.1) is 42.2 Å². The number of phenolic OH excluding ortho intramolecular Hbond substituents is 1. The van der Waals surface area contributed by atoms with E-state index in [2.05, 4.69) is 39.0 Å². The summed E-state index contributed by atoms with van der Waals surface area (Å²) < 4.78 is 35.9. The lowest BCUT2D eigenvalue weighted by molar-refractivity contribution is 0.0600. The molecule has 2 aromatic heterocycles. The third-order valence-electron chi connectivity index (χ3n) is 9.53. The molecule has 11 heteroatoms. The lowest BCUT2D eigenvalue weighted by Crippen LogP contribution is -2.41. The van der Waals surface area contributed by atoms with Crippen molar-refractivity contribution in [1.29, 1.82) is 0 Å². The van der Waals surface area contributed by atoms with Crippen LogP contribution in [0.15, 0.2) is 54.7 Å². The molecule has 5 aromatic rings. The van der Waals surface area contributed by atoms with Crippen LogP contribution in [0.1, 0.15) is 82.2 Å². The summed E-state index contributed by atoms with van der Waals surface area (Å²) in [7, 11) is -0.748. The number of carbonyl (C=O) groups is 2. The van der Waals surface area contributed by atoms with E-state index in [9.17, 15) is 19.1 Å². The second-order valence-electron chi connectivity index (χ2n) is 15.6. The van der Waals surface area contributed by atoms with Gasteiger partial charge < -0.3 is 23.6 Å². The number of aromatic hydroxyl groups is 1. The fourth-order valence-electron chi connectivity index (χ4n) is 5.84. The minimum atomic E-state index is -2.03. The van der Waals surface area contributed by atoms with Crippen LogP contribution >= 0.6 is 0 Å². The quantitative estimate of drug-likeness (QED) is 0.0927. The minimum Gasteiger partial charge on any atom is -0.507 e. The van der Waals surface area contributed by atoms with E-state index in [0.29, 0.717) is 34.7 Å². The number of halogens is 1. The number of nitrogens with zero attached hydrogens (tertiary/aromatic N) is 3. The molecule has 50 heavy (non-hydrogen) atoms. The molecular weight excluding hydrogens is 654 g/mol. The van der Waals surface area contributed by atoms with E-state index in [4.69, 9.17) is 13.9 Å². The van der Waals surface area contributed by atoms with E-state index in [1.165, 1.54) is 30.0 Å². The van der Waals surface area contributed by atoms with Crippen molar-refractivity contribution in [3.05, 3.63) is 71.8 Å². The fourth-order valence-corrected chi connectivity index (χ4v) is 6.86. The van der Waals surface area contributed by atoms with Crippen LogP contribution in [0.3, 0.4) is 0 Å². The van der Waals surface area contributed by atoms with Gasteiger partial charge in [-0.15, -0.1) is 0 Å². The van der Waals surface area contributed by atoms with Gasteiger partial charge in [0.15, 0.2) is 8.32 Å². The number of hydrogen-bond acceptors (Lipinski definition) is 7. The van der Waals surface area contributed by atoms with Crippen molar-refractivity contribution in [1.82, 2.24) is 14.3 Å². The number of carbonyl (C=O) groups excluding carboxylic acids is 2. The van der Waals surface area contributed by atoms with E-state index in [1.807, 2.05) is 51.3 Å². The third kappa shape index (κ3) is 6.80. The van der Waals surface area contributed by atoms with Gasteiger partial charge in [-0.25, -0.2) is 9.18 Å². The molecule has 0 aliphatic carbocycles. The number of methoxy groups -OCH3 is 1. The first-order chi connectivity index (χ1) is 23.3. The average Bonchev–Trinajstić information content (AvgIpc) is 3.59. The van der Waals surface area contributed by atoms with Gasteiger partial charge in [-0.05, 0) is 66.5 Å². The monoisotopic (exact) mass is 701 g/mol. The van der Waals surface area contributed by atoms with Gasteiger partial charge in [-0.1, -0.05) is 55.4 Å². The molecule has 0 radical (unpaired) electrons. The number of esters is 1. The summed E-state index contributed by atoms with van der Waals surface area (Å²) in [4.78, 5) is 25.8. The zero-order valence-electron chi connectivity index (χ0n) is 30.9. The first kappa shape index (κ1) is 36.8. The standard InChI is InChI=1S/C39H48FN3O6Si/c1-23(2)35-34(27-14-12-24(19-32(27)44)36(45)47-9)28-21-30-25(22-41-43(30)37(46)38(3,4)5)18-31(28)42(35)29-15-13-26(40)20-33(29)48-16-17-49-50(10,11)39(6,7)8/h12-15,18-23,44H,16-17H2,1-11H3. The number of aromatic nitrogens is 3. The van der Waals surface area contributed by atoms with Crippen molar-refractivity contribution in [2.75, 3.05) is 20.3 Å². The van der Waals surface area contributed by atoms with Crippen LogP contribution in [0.5, 0.6) is 11.5 Å². The summed E-state index contributed by atoms with van der Waals surface area (Å²) in [6.07, 6.45) is 1.66. The van der Waals surface area contributed by atoms with Crippen LogP contribution in [-0.4, -0.2) is 60.0 Å². The Balaban J connectivity index is 1.78. The zero-order valence-corrected chi connectivity index (χ0v) is 31.9. The molecule has 0 spiro atoms. The molecule has 2 heterocycles. The molecule has 0 aliphatic heterocycles. The minimum absolute atomic E-state index is 0.0287. The van der Waals surface area contributed by atoms with Gasteiger partial charge in [0.1, 0.15) is 23.9 Å². The lowest BCUT2D eigenvalue weighted by atomic mass is 9.94. The second kappa shape index (κ2) is 13.3. The van der Waals surface area contributed by atoms with Crippen LogP contribution in [-0.2, 0) is 9.16 Å². The Hall–Kier alpha value is -4.48. The average molecular weight is 702 g/mol. The molecule has 5 rings (SSSR count). The van der Waals surface area contributed by atoms with Crippen molar-refractivity contribution in [2.24, 2.45) is 5.41 Å². The van der Waals surface area contributed by atoms with Gasteiger partial charge >= 0.3 is 5.97 Å². The van der Waals surface area contributed by atoms with Crippen LogP contribution in [0.4, 0.5) is 4.39 Å². The smallest absolute Gasteiger partial charge is 0.337 e. The number of benzene rings is 3. The normalized spacial score (nSPS) is 12.7. The number of fused-ring (bicyclic) bond motifs is 2. The summed E-state index contributed by atoms with van der Waals surface area (Å²) in [6, 6.07) is 13.0. The largest absolute Gasteiger partial charge is 0.507 e. The zero-order chi connectivity index (χ0) is 36.9. The van der Waals surface area contributed by atoms with Gasteiger partial charge in [0.2, 0.25) is 0 Å². The van der Waals surface area contributed by atoms with Gasteiger partial charge in [-0.2, -0.15) is 9.78 Å². The topological polar surface area (TPSA) is 105 Å². The molecule has 0 aliphatic rings. The Labute approximate surface area is 294 Å². The lowest BCUT2D eigenvalue weighted by Gasteiger charge is -2.36. The number of ether oxygens (including phenoxy) is 2. The second-order valence-corrected chi connectivity index (χ2v) is 20.4. The Morgan fingerprint density at radius 1 is 0.960 bits per heavy atom. The maximum atomic E-state index is 14.9.